The van der Waals surface area contributed by atoms with Gasteiger partial charge in [-0.05, 0) is 148 Å². The van der Waals surface area contributed by atoms with Crippen molar-refractivity contribution >= 4 is 0 Å². The molecule has 1 aromatic rings. The van der Waals surface area contributed by atoms with Crippen molar-refractivity contribution in [2.24, 2.45) is 92.7 Å². The molecule has 3 saturated heterocycles. The van der Waals surface area contributed by atoms with Crippen LogP contribution in [0.1, 0.15) is 142 Å². The van der Waals surface area contributed by atoms with Crippen LogP contribution in [-0.2, 0) is 39.9 Å². The summed E-state index contributed by atoms with van der Waals surface area (Å²) < 4.78 is 20.5. The quantitative estimate of drug-likeness (QED) is 0.292. The van der Waals surface area contributed by atoms with Crippen molar-refractivity contribution in [1.82, 2.24) is 9.97 Å². The van der Waals surface area contributed by atoms with E-state index in [0.29, 0.717) is 59.2 Å². The molecule has 7 heteroatoms. The average Bonchev–Trinajstić information content (AvgIpc) is 3.92. The normalized spacial score (nSPS) is 53.5. The van der Waals surface area contributed by atoms with Crippen LogP contribution in [0, 0.1) is 92.7 Å². The van der Waals surface area contributed by atoms with E-state index in [-0.39, 0.29) is 64.5 Å². The summed E-state index contributed by atoms with van der Waals surface area (Å²) in [6.07, 6.45) is 20.4. The molecular formula is C55H78N2O5. The molecule has 7 fully saturated rings. The summed E-state index contributed by atoms with van der Waals surface area (Å²) in [5, 5.41) is 22.1. The maximum Gasteiger partial charge on any atom is 0.172 e. The van der Waals surface area contributed by atoms with Gasteiger partial charge in [0.1, 0.15) is 0 Å². The number of hydrogen-bond acceptors (Lipinski definition) is 7. The first-order chi connectivity index (χ1) is 29.5. The van der Waals surface area contributed by atoms with Crippen LogP contribution in [0.15, 0.2) is 35.5 Å². The average molecular weight is 847 g/mol. The van der Waals surface area contributed by atoms with Crippen molar-refractivity contribution in [3.63, 3.8) is 0 Å². The fourth-order valence-electron chi connectivity index (χ4n) is 18.6. The Kier molecular flexibility index (Phi) is 9.26. The fourth-order valence-corrected chi connectivity index (χ4v) is 18.6. The minimum Gasteiger partial charge on any atom is -0.396 e. The van der Waals surface area contributed by atoms with Gasteiger partial charge >= 0.3 is 0 Å². The second kappa shape index (κ2) is 13.8. The van der Waals surface area contributed by atoms with Gasteiger partial charge in [-0.1, -0.05) is 90.8 Å². The van der Waals surface area contributed by atoms with Gasteiger partial charge in [-0.3, -0.25) is 9.97 Å². The van der Waals surface area contributed by atoms with E-state index in [4.69, 9.17) is 30.8 Å². The Morgan fingerprint density at radius 2 is 1.45 bits per heavy atom. The Balaban J connectivity index is 0.791. The maximum atomic E-state index is 12.4. The van der Waals surface area contributed by atoms with Crippen molar-refractivity contribution in [1.29, 1.82) is 0 Å². The molecule has 62 heavy (non-hydrogen) atoms. The van der Waals surface area contributed by atoms with Crippen molar-refractivity contribution < 1.29 is 24.4 Å². The molecule has 12 rings (SSSR count). The number of fused-ring (bicyclic) bond motifs is 16. The molecule has 0 radical (unpaired) electrons. The van der Waals surface area contributed by atoms with Crippen molar-refractivity contribution in [3.05, 3.63) is 58.2 Å². The predicted octanol–water partition coefficient (Wildman–Crippen LogP) is 9.81. The van der Waals surface area contributed by atoms with E-state index in [1.54, 1.807) is 5.57 Å². The first-order valence-corrected chi connectivity index (χ1v) is 25.8. The molecule has 0 amide bonds. The number of nitrogens with zero attached hydrogens (tertiary/aromatic N) is 2. The van der Waals surface area contributed by atoms with E-state index >= 15 is 0 Å². The topological polar surface area (TPSA) is 93.9 Å². The van der Waals surface area contributed by atoms with E-state index in [1.807, 2.05) is 0 Å². The minimum atomic E-state index is -0.493. The molecule has 11 aliphatic rings. The van der Waals surface area contributed by atoms with Crippen LogP contribution in [0.25, 0.3) is 0 Å². The summed E-state index contributed by atoms with van der Waals surface area (Å²) in [6, 6.07) is 0. The molecule has 2 N–H and O–H groups in total. The van der Waals surface area contributed by atoms with Gasteiger partial charge in [-0.25, -0.2) is 0 Å². The van der Waals surface area contributed by atoms with Crippen molar-refractivity contribution in [2.45, 2.75) is 175 Å². The van der Waals surface area contributed by atoms with Crippen LogP contribution in [0.3, 0.4) is 0 Å². The van der Waals surface area contributed by atoms with E-state index in [0.717, 1.165) is 70.8 Å². The standard InChI is InChI=1S/C55H78N2O5/c1-28(26-58)10-15-45-31(4)49-46(61-45)21-39-35-13-11-33-19-41-43(24-51(33,6)37(35)18-30(3)53(39,49)8)56-42-20-34-12-14-36-38(52(34,7)25-44(42)57-41)23-48(59)54(9)40(36)22-47-50(54)32(5)55(62-47)17-16-29(2)27-60-55/h21-22,28-29,31-38,45-50,58-59H,3,10-20,23-27H2,1-2,4-9H3/t28-,29-,31+,32-,33-,34-,35+,36+,37-,38-,45+,46-,47-,48+,49-,50-,51-,52-,53-,54+,55-/m0/s1. The zero-order valence-electron chi connectivity index (χ0n) is 39.4. The zero-order chi connectivity index (χ0) is 43.0. The second-order valence-electron chi connectivity index (χ2n) is 25.1. The molecule has 338 valence electrons. The van der Waals surface area contributed by atoms with Gasteiger partial charge in [-0.15, -0.1) is 0 Å². The third-order valence-electron chi connectivity index (χ3n) is 22.4. The smallest absolute Gasteiger partial charge is 0.172 e. The van der Waals surface area contributed by atoms with Crippen LogP contribution in [0.4, 0.5) is 0 Å². The lowest BCUT2D eigenvalue weighted by molar-refractivity contribution is -0.265. The largest absolute Gasteiger partial charge is 0.396 e. The molecule has 21 atom stereocenters. The number of rotatable bonds is 4. The van der Waals surface area contributed by atoms with Gasteiger partial charge in [0, 0.05) is 41.6 Å². The highest BCUT2D eigenvalue weighted by atomic mass is 16.7. The van der Waals surface area contributed by atoms with Gasteiger partial charge in [0.2, 0.25) is 0 Å². The summed E-state index contributed by atoms with van der Waals surface area (Å²) in [6.45, 7) is 25.3. The summed E-state index contributed by atoms with van der Waals surface area (Å²) in [4.78, 5) is 11.4. The highest BCUT2D eigenvalue weighted by molar-refractivity contribution is 5.44. The predicted molar refractivity (Wildman–Crippen MR) is 241 cm³/mol. The van der Waals surface area contributed by atoms with Crippen LogP contribution in [0.2, 0.25) is 0 Å². The second-order valence-corrected chi connectivity index (χ2v) is 25.1. The number of allylic oxidation sites excluding steroid dienone is 2. The number of aromatic nitrogens is 2. The molecule has 0 unspecified atom stereocenters. The SMILES string of the molecule is C=C1C[C@H]2[C@@H](CC[C@H]3Cc4nc5c(nc4C[C@@]32C)C[C@@H]2CC[C@H]3C4=C[C@@H]6O[C@@]7(CC[C@H](C)CO7)[C@@H](C)[C@@H]6[C@@]4(C)[C@H](O)C[C@@H]3[C@@]2(C)C5)C2=C[C@@H]3O[C@H](CC[C@H](C)CO)[C@@H](C)[C@@H]3[C@@]12C. The lowest BCUT2D eigenvalue weighted by Crippen LogP contribution is -2.58. The highest BCUT2D eigenvalue weighted by Gasteiger charge is 2.69. The first-order valence-electron chi connectivity index (χ1n) is 25.8. The molecule has 4 heterocycles. The van der Waals surface area contributed by atoms with E-state index in [1.165, 1.54) is 59.6 Å². The van der Waals surface area contributed by atoms with Gasteiger partial charge in [0.15, 0.2) is 5.79 Å². The molecule has 0 aromatic carbocycles. The lowest BCUT2D eigenvalue weighted by atomic mass is 9.44. The van der Waals surface area contributed by atoms with Crippen molar-refractivity contribution in [2.75, 3.05) is 13.2 Å². The van der Waals surface area contributed by atoms with Crippen LogP contribution in [-0.4, -0.2) is 63.6 Å². The third-order valence-corrected chi connectivity index (χ3v) is 22.4. The number of hydrogen-bond donors (Lipinski definition) is 2. The van der Waals surface area contributed by atoms with Gasteiger partial charge in [0.05, 0.1) is 53.8 Å². The van der Waals surface area contributed by atoms with Crippen LogP contribution in [0.5, 0.6) is 0 Å². The zero-order valence-corrected chi connectivity index (χ0v) is 39.4. The monoisotopic (exact) mass is 847 g/mol. The molecule has 3 aliphatic heterocycles. The highest BCUT2D eigenvalue weighted by Crippen LogP contribution is 2.71. The summed E-state index contributed by atoms with van der Waals surface area (Å²) in [7, 11) is 0. The molecule has 8 aliphatic carbocycles. The molecule has 1 aromatic heterocycles. The first kappa shape index (κ1) is 41.5. The molecular weight excluding hydrogens is 769 g/mol. The van der Waals surface area contributed by atoms with E-state index in [9.17, 15) is 10.2 Å². The van der Waals surface area contributed by atoms with Crippen LogP contribution >= 0.6 is 0 Å². The van der Waals surface area contributed by atoms with Gasteiger partial charge in [-0.2, -0.15) is 0 Å². The lowest BCUT2D eigenvalue weighted by Gasteiger charge is -2.60. The van der Waals surface area contributed by atoms with E-state index in [2.05, 4.69) is 67.5 Å². The Morgan fingerprint density at radius 1 is 0.806 bits per heavy atom. The Hall–Kier alpha value is -1.90. The number of aliphatic hydroxyl groups excluding tert-OH is 2. The fraction of sp³-hybridized carbons (Fsp3) is 0.818. The van der Waals surface area contributed by atoms with Crippen LogP contribution < -0.4 is 0 Å². The molecule has 0 bridgehead atoms. The van der Waals surface area contributed by atoms with Crippen molar-refractivity contribution in [3.8, 4) is 0 Å². The number of ether oxygens (including phenoxy) is 3. The summed E-state index contributed by atoms with van der Waals surface area (Å²) in [5.74, 6) is 5.20. The Labute approximate surface area is 372 Å². The summed E-state index contributed by atoms with van der Waals surface area (Å²) in [5.41, 5.74) is 9.78. The number of aliphatic hydroxyl groups is 2. The molecule has 4 saturated carbocycles. The maximum absolute atomic E-state index is 12.4. The summed E-state index contributed by atoms with van der Waals surface area (Å²) >= 11 is 0. The van der Waals surface area contributed by atoms with Gasteiger partial charge in [0.25, 0.3) is 0 Å². The third kappa shape index (κ3) is 5.35. The Bertz CT molecular complexity index is 2100. The minimum absolute atomic E-state index is 0.0148. The van der Waals surface area contributed by atoms with E-state index < -0.39 is 5.79 Å². The molecule has 7 nitrogen and oxygen atoms in total. The Morgan fingerprint density at radius 3 is 2.10 bits per heavy atom. The molecule has 1 spiro atoms. The van der Waals surface area contributed by atoms with Gasteiger partial charge < -0.3 is 24.4 Å².